The average molecular weight is 399 g/mol. The van der Waals surface area contributed by atoms with Crippen molar-refractivity contribution >= 4 is 15.7 Å². The van der Waals surface area contributed by atoms with Crippen molar-refractivity contribution in [2.75, 3.05) is 26.7 Å². The van der Waals surface area contributed by atoms with Gasteiger partial charge in [0, 0.05) is 45.1 Å². The van der Waals surface area contributed by atoms with Crippen LogP contribution < -0.4 is 10.1 Å². The van der Waals surface area contributed by atoms with Crippen molar-refractivity contribution in [3.63, 3.8) is 0 Å². The fourth-order valence-corrected chi connectivity index (χ4v) is 4.69. The number of nitro groups is 1. The lowest BCUT2D eigenvalue weighted by Gasteiger charge is -2.34. The topological polar surface area (TPSA) is 120 Å². The van der Waals surface area contributed by atoms with Crippen molar-refractivity contribution in [3.05, 3.63) is 46.3 Å². The third kappa shape index (κ3) is 3.38. The molecular weight excluding hydrogens is 381 g/mol. The Morgan fingerprint density at radius 2 is 2.19 bits per heavy atom. The molecule has 1 fully saturated rings. The smallest absolute Gasteiger partial charge is 0.315 e. The zero-order chi connectivity index (χ0) is 19.8. The molecule has 0 bridgehead atoms. The first-order chi connectivity index (χ1) is 12.8. The first-order valence-electron chi connectivity index (χ1n) is 7.99. The summed E-state index contributed by atoms with van der Waals surface area (Å²) in [6.45, 7) is 0.813. The number of nitro benzene ring substituents is 1. The number of aryl methyl sites for hydroxylation is 1. The second-order valence-corrected chi connectivity index (χ2v) is 7.84. The number of halogens is 1. The van der Waals surface area contributed by atoms with Gasteiger partial charge >= 0.3 is 5.69 Å². The van der Waals surface area contributed by atoms with Crippen LogP contribution in [0, 0.1) is 15.9 Å². The minimum atomic E-state index is -4.22. The van der Waals surface area contributed by atoms with Gasteiger partial charge in [0.15, 0.2) is 5.82 Å². The Hall–Kier alpha value is -2.57. The largest absolute Gasteiger partial charge is 0.488 e. The van der Waals surface area contributed by atoms with Crippen LogP contribution in [0.4, 0.5) is 10.1 Å². The molecule has 27 heavy (non-hydrogen) atoms. The van der Waals surface area contributed by atoms with Crippen LogP contribution in [-0.2, 0) is 17.1 Å². The molecule has 146 valence electrons. The molecule has 0 amide bonds. The van der Waals surface area contributed by atoms with Crippen molar-refractivity contribution in [2.45, 2.75) is 10.9 Å². The first kappa shape index (κ1) is 19.2. The highest BCUT2D eigenvalue weighted by Gasteiger charge is 2.38. The van der Waals surface area contributed by atoms with E-state index in [0.717, 1.165) is 19.2 Å². The number of rotatable bonds is 5. The van der Waals surface area contributed by atoms with E-state index in [2.05, 4.69) is 10.3 Å². The van der Waals surface area contributed by atoms with Crippen LogP contribution in [-0.4, -0.2) is 53.9 Å². The van der Waals surface area contributed by atoms with Crippen molar-refractivity contribution in [2.24, 2.45) is 7.05 Å². The minimum Gasteiger partial charge on any atom is -0.488 e. The number of ether oxygens (including phenoxy) is 1. The van der Waals surface area contributed by atoms with Crippen molar-refractivity contribution in [1.29, 1.82) is 0 Å². The number of hydrogen-bond donors (Lipinski definition) is 1. The fourth-order valence-electron chi connectivity index (χ4n) is 3.07. The number of methoxy groups -OCH3 is 1. The number of piperazine rings is 1. The van der Waals surface area contributed by atoms with Crippen LogP contribution in [0.3, 0.4) is 0 Å². The molecule has 2 heterocycles. The summed E-state index contributed by atoms with van der Waals surface area (Å²) in [6.07, 6.45) is 3.24. The van der Waals surface area contributed by atoms with Crippen molar-refractivity contribution in [3.8, 4) is 5.75 Å². The number of nitrogens with one attached hydrogen (secondary N) is 1. The van der Waals surface area contributed by atoms with Crippen LogP contribution in [0.25, 0.3) is 0 Å². The highest BCUT2D eigenvalue weighted by Crippen LogP contribution is 2.35. The molecule has 1 unspecified atom stereocenters. The van der Waals surface area contributed by atoms with Crippen LogP contribution in [0.5, 0.6) is 5.75 Å². The van der Waals surface area contributed by atoms with E-state index in [1.807, 2.05) is 0 Å². The molecule has 3 rings (SSSR count). The Balaban J connectivity index is 2.10. The summed E-state index contributed by atoms with van der Waals surface area (Å²) in [5.74, 6) is -1.22. The van der Waals surface area contributed by atoms with Crippen LogP contribution in [0.2, 0.25) is 0 Å². The third-order valence-corrected chi connectivity index (χ3v) is 6.24. The summed E-state index contributed by atoms with van der Waals surface area (Å²) in [7, 11) is -1.41. The summed E-state index contributed by atoms with van der Waals surface area (Å²) in [5.41, 5.74) is -0.750. The zero-order valence-corrected chi connectivity index (χ0v) is 15.4. The zero-order valence-electron chi connectivity index (χ0n) is 14.6. The Morgan fingerprint density at radius 1 is 1.44 bits per heavy atom. The van der Waals surface area contributed by atoms with Crippen molar-refractivity contribution in [1.82, 2.24) is 19.2 Å². The van der Waals surface area contributed by atoms with Gasteiger partial charge in [-0.2, -0.15) is 4.31 Å². The van der Waals surface area contributed by atoms with E-state index >= 15 is 0 Å². The maximum atomic E-state index is 14.3. The number of nitrogens with zero attached hydrogens (tertiary/aromatic N) is 4. The Labute approximate surface area is 154 Å². The molecule has 1 aromatic carbocycles. The molecule has 1 saturated heterocycles. The lowest BCUT2D eigenvalue weighted by Crippen LogP contribution is -2.49. The summed E-state index contributed by atoms with van der Waals surface area (Å²) in [4.78, 5) is 14.0. The van der Waals surface area contributed by atoms with E-state index in [-0.39, 0.29) is 6.54 Å². The molecule has 0 aliphatic carbocycles. The van der Waals surface area contributed by atoms with Crippen LogP contribution in [0.1, 0.15) is 11.9 Å². The van der Waals surface area contributed by atoms with Crippen molar-refractivity contribution < 1.29 is 22.5 Å². The summed E-state index contributed by atoms with van der Waals surface area (Å²) >= 11 is 0. The highest BCUT2D eigenvalue weighted by molar-refractivity contribution is 7.89. The molecule has 10 nitrogen and oxygen atoms in total. The van der Waals surface area contributed by atoms with Gasteiger partial charge in [-0.3, -0.25) is 10.1 Å². The van der Waals surface area contributed by atoms with E-state index in [1.54, 1.807) is 24.0 Å². The monoisotopic (exact) mass is 399 g/mol. The molecular formula is C15H18FN5O5S. The molecule has 1 aliphatic heterocycles. The number of benzene rings is 1. The SMILES string of the molecule is COc1c(F)cc(S(=O)(=O)N2CCNCC2c2nccn2C)cc1[N+](=O)[O-]. The van der Waals surface area contributed by atoms with Gasteiger partial charge in [-0.25, -0.2) is 17.8 Å². The summed E-state index contributed by atoms with van der Waals surface area (Å²) < 4.78 is 48.2. The highest BCUT2D eigenvalue weighted by atomic mass is 32.2. The number of sulfonamides is 1. The molecule has 1 N–H and O–H groups in total. The van der Waals surface area contributed by atoms with Gasteiger partial charge in [0.05, 0.1) is 23.0 Å². The van der Waals surface area contributed by atoms with Gasteiger partial charge in [-0.15, -0.1) is 0 Å². The molecule has 0 saturated carbocycles. The maximum Gasteiger partial charge on any atom is 0.315 e. The summed E-state index contributed by atoms with van der Waals surface area (Å²) in [5, 5.41) is 14.3. The molecule has 12 heteroatoms. The van der Waals surface area contributed by atoms with E-state index in [4.69, 9.17) is 4.74 Å². The molecule has 0 spiro atoms. The summed E-state index contributed by atoms with van der Waals surface area (Å²) in [6, 6.07) is 0.918. The van der Waals surface area contributed by atoms with E-state index in [9.17, 15) is 22.9 Å². The molecule has 2 aromatic rings. The number of aromatic nitrogens is 2. The second kappa shape index (κ2) is 7.21. The third-order valence-electron chi connectivity index (χ3n) is 4.36. The maximum absolute atomic E-state index is 14.3. The van der Waals surface area contributed by atoms with E-state index in [1.165, 1.54) is 4.31 Å². The normalized spacial score (nSPS) is 18.4. The van der Waals surface area contributed by atoms with Crippen LogP contribution in [0.15, 0.2) is 29.4 Å². The molecule has 1 atom stereocenters. The molecule has 1 aromatic heterocycles. The van der Waals surface area contributed by atoms with Gasteiger partial charge in [0.1, 0.15) is 5.82 Å². The van der Waals surface area contributed by atoms with Gasteiger partial charge < -0.3 is 14.6 Å². The Bertz CT molecular complexity index is 977. The van der Waals surface area contributed by atoms with Gasteiger partial charge in [0.2, 0.25) is 15.8 Å². The second-order valence-electron chi connectivity index (χ2n) is 5.95. The first-order valence-corrected chi connectivity index (χ1v) is 9.43. The van der Waals surface area contributed by atoms with Crippen LogP contribution >= 0.6 is 0 Å². The Kier molecular flexibility index (Phi) is 5.13. The van der Waals surface area contributed by atoms with E-state index < -0.39 is 43.1 Å². The quantitative estimate of drug-likeness (QED) is 0.584. The average Bonchev–Trinajstić information content (AvgIpc) is 3.06. The molecule has 0 radical (unpaired) electrons. The molecule has 1 aliphatic rings. The lowest BCUT2D eigenvalue weighted by molar-refractivity contribution is -0.386. The van der Waals surface area contributed by atoms with Gasteiger partial charge in [-0.05, 0) is 6.07 Å². The number of hydrogen-bond acceptors (Lipinski definition) is 7. The number of imidazole rings is 1. The predicted molar refractivity (Wildman–Crippen MR) is 92.3 cm³/mol. The predicted octanol–water partition coefficient (Wildman–Crippen LogP) is 0.811. The fraction of sp³-hybridized carbons (Fsp3) is 0.400. The lowest BCUT2D eigenvalue weighted by atomic mass is 10.2. The van der Waals surface area contributed by atoms with Gasteiger partial charge in [-0.1, -0.05) is 0 Å². The standard InChI is InChI=1S/C15H18FN5O5S/c1-19-5-4-18-15(19)13-9-17-3-6-20(13)27(24,25)10-7-11(16)14(26-2)12(8-10)21(22)23/h4-5,7-8,13,17H,3,6,9H2,1-2H3. The Morgan fingerprint density at radius 3 is 2.78 bits per heavy atom. The van der Waals surface area contributed by atoms with E-state index in [0.29, 0.717) is 18.9 Å². The van der Waals surface area contributed by atoms with Gasteiger partial charge in [0.25, 0.3) is 0 Å². The minimum absolute atomic E-state index is 0.112.